The van der Waals surface area contributed by atoms with Crippen molar-refractivity contribution < 1.29 is 14.6 Å². The van der Waals surface area contributed by atoms with Crippen LogP contribution in [-0.4, -0.2) is 42.9 Å². The molecule has 0 radical (unpaired) electrons. The Kier molecular flexibility index (Phi) is 7.39. The molecular formula is C18H25NO3S. The molecule has 1 heterocycles. The first-order valence-corrected chi connectivity index (χ1v) is 8.79. The van der Waals surface area contributed by atoms with Gasteiger partial charge >= 0.3 is 0 Å². The van der Waals surface area contributed by atoms with Crippen LogP contribution in [0.1, 0.15) is 18.2 Å². The highest BCUT2D eigenvalue weighted by Crippen LogP contribution is 2.17. The van der Waals surface area contributed by atoms with Gasteiger partial charge in [0.1, 0.15) is 24.2 Å². The molecule has 0 unspecified atom stereocenters. The summed E-state index contributed by atoms with van der Waals surface area (Å²) in [6.07, 6.45) is 0.556. The lowest BCUT2D eigenvalue weighted by molar-refractivity contribution is 0.0659. The fraction of sp³-hybridized carbons (Fsp3) is 0.444. The molecule has 1 atom stereocenters. The summed E-state index contributed by atoms with van der Waals surface area (Å²) in [6.45, 7) is 4.91. The van der Waals surface area contributed by atoms with E-state index in [0.29, 0.717) is 6.54 Å². The summed E-state index contributed by atoms with van der Waals surface area (Å²) in [5, 5.41) is 12.3. The van der Waals surface area contributed by atoms with Gasteiger partial charge in [0, 0.05) is 18.0 Å². The molecule has 126 valence electrons. The fourth-order valence-corrected chi connectivity index (χ4v) is 3.14. The van der Waals surface area contributed by atoms with Gasteiger partial charge in [-0.2, -0.15) is 0 Å². The number of rotatable bonds is 10. The second-order valence-corrected chi connectivity index (χ2v) is 6.49. The highest BCUT2D eigenvalue weighted by atomic mass is 32.1. The van der Waals surface area contributed by atoms with Gasteiger partial charge in [0.15, 0.2) is 0 Å². The van der Waals surface area contributed by atoms with Crippen molar-refractivity contribution in [1.29, 1.82) is 0 Å². The monoisotopic (exact) mass is 335 g/mol. The molecule has 0 spiro atoms. The molecule has 1 aromatic heterocycles. The summed E-state index contributed by atoms with van der Waals surface area (Å²) in [5.74, 6) is 1.54. The zero-order valence-corrected chi connectivity index (χ0v) is 14.6. The van der Waals surface area contributed by atoms with E-state index in [0.717, 1.165) is 31.0 Å². The van der Waals surface area contributed by atoms with Gasteiger partial charge in [-0.3, -0.25) is 4.90 Å². The van der Waals surface area contributed by atoms with Crippen LogP contribution in [0.4, 0.5) is 0 Å². The third-order valence-corrected chi connectivity index (χ3v) is 4.33. The van der Waals surface area contributed by atoms with Crippen LogP contribution in [0.5, 0.6) is 11.5 Å². The van der Waals surface area contributed by atoms with Crippen molar-refractivity contribution in [3.8, 4) is 11.5 Å². The quantitative estimate of drug-likeness (QED) is 0.722. The first-order chi connectivity index (χ1) is 11.2. The number of hydrogen-bond acceptors (Lipinski definition) is 5. The molecule has 4 nitrogen and oxygen atoms in total. The van der Waals surface area contributed by atoms with E-state index in [1.54, 1.807) is 18.4 Å². The number of thiophene rings is 1. The van der Waals surface area contributed by atoms with Crippen molar-refractivity contribution in [3.63, 3.8) is 0 Å². The van der Waals surface area contributed by atoms with E-state index in [2.05, 4.69) is 29.3 Å². The molecule has 0 fully saturated rings. The predicted molar refractivity (Wildman–Crippen MR) is 94.4 cm³/mol. The van der Waals surface area contributed by atoms with E-state index in [1.165, 1.54) is 4.88 Å². The van der Waals surface area contributed by atoms with E-state index in [1.807, 2.05) is 24.3 Å². The normalized spacial score (nSPS) is 12.3. The molecule has 0 aliphatic heterocycles. The van der Waals surface area contributed by atoms with Gasteiger partial charge in [-0.25, -0.2) is 0 Å². The lowest BCUT2D eigenvalue weighted by Gasteiger charge is -2.24. The zero-order valence-electron chi connectivity index (χ0n) is 13.8. The van der Waals surface area contributed by atoms with Crippen molar-refractivity contribution in [2.75, 3.05) is 26.8 Å². The van der Waals surface area contributed by atoms with E-state index in [4.69, 9.17) is 9.47 Å². The summed E-state index contributed by atoms with van der Waals surface area (Å²) >= 11 is 1.75. The maximum atomic E-state index is 10.2. The highest BCUT2D eigenvalue weighted by molar-refractivity contribution is 7.09. The number of aliphatic hydroxyl groups is 1. The topological polar surface area (TPSA) is 41.9 Å². The van der Waals surface area contributed by atoms with Crippen LogP contribution in [0, 0.1) is 0 Å². The van der Waals surface area contributed by atoms with Gasteiger partial charge in [0.25, 0.3) is 0 Å². The summed E-state index contributed by atoms with van der Waals surface area (Å²) < 4.78 is 10.8. The molecule has 0 saturated carbocycles. The molecule has 23 heavy (non-hydrogen) atoms. The van der Waals surface area contributed by atoms with Crippen molar-refractivity contribution in [2.24, 2.45) is 0 Å². The molecule has 0 amide bonds. The van der Waals surface area contributed by atoms with Gasteiger partial charge in [0.05, 0.1) is 7.11 Å². The van der Waals surface area contributed by atoms with E-state index in [9.17, 15) is 5.11 Å². The maximum Gasteiger partial charge on any atom is 0.119 e. The molecule has 0 aliphatic rings. The molecule has 2 aromatic rings. The van der Waals surface area contributed by atoms with Crippen molar-refractivity contribution in [3.05, 3.63) is 46.7 Å². The van der Waals surface area contributed by atoms with Gasteiger partial charge in [-0.05, 0) is 48.7 Å². The maximum absolute atomic E-state index is 10.2. The molecule has 0 saturated heterocycles. The second kappa shape index (κ2) is 9.55. The van der Waals surface area contributed by atoms with Gasteiger partial charge < -0.3 is 14.6 Å². The Labute approximate surface area is 142 Å². The summed E-state index contributed by atoms with van der Waals surface area (Å²) in [7, 11) is 1.63. The molecule has 5 heteroatoms. The number of benzene rings is 1. The SMILES string of the molecule is CCCN(Cc1cccs1)C[C@H](O)COc1ccc(OC)cc1. The van der Waals surface area contributed by atoms with Crippen LogP contribution in [-0.2, 0) is 6.54 Å². The van der Waals surface area contributed by atoms with Crippen LogP contribution in [0.15, 0.2) is 41.8 Å². The summed E-state index contributed by atoms with van der Waals surface area (Å²) in [6, 6.07) is 11.6. The average molecular weight is 335 g/mol. The lowest BCUT2D eigenvalue weighted by Crippen LogP contribution is -2.35. The predicted octanol–water partition coefficient (Wildman–Crippen LogP) is 3.41. The number of methoxy groups -OCH3 is 1. The fourth-order valence-electron chi connectivity index (χ4n) is 2.39. The lowest BCUT2D eigenvalue weighted by atomic mass is 10.3. The molecule has 2 rings (SSSR count). The van der Waals surface area contributed by atoms with Crippen LogP contribution < -0.4 is 9.47 Å². The van der Waals surface area contributed by atoms with E-state index < -0.39 is 6.10 Å². The van der Waals surface area contributed by atoms with Crippen molar-refractivity contribution >= 4 is 11.3 Å². The Balaban J connectivity index is 1.79. The molecule has 1 aromatic carbocycles. The zero-order chi connectivity index (χ0) is 16.5. The van der Waals surface area contributed by atoms with Gasteiger partial charge in [-0.1, -0.05) is 13.0 Å². The average Bonchev–Trinajstić information content (AvgIpc) is 3.06. The van der Waals surface area contributed by atoms with E-state index in [-0.39, 0.29) is 6.61 Å². The first-order valence-electron chi connectivity index (χ1n) is 7.91. The van der Waals surface area contributed by atoms with Gasteiger partial charge in [-0.15, -0.1) is 11.3 Å². The smallest absolute Gasteiger partial charge is 0.119 e. The Morgan fingerprint density at radius 3 is 2.52 bits per heavy atom. The number of ether oxygens (including phenoxy) is 2. The standard InChI is InChI=1S/C18H25NO3S/c1-3-10-19(13-18-5-4-11-23-18)12-15(20)14-22-17-8-6-16(21-2)7-9-17/h4-9,11,15,20H,3,10,12-14H2,1-2H3/t15-/m0/s1. The van der Waals surface area contributed by atoms with Crippen LogP contribution in [0.25, 0.3) is 0 Å². The van der Waals surface area contributed by atoms with Crippen molar-refractivity contribution in [2.45, 2.75) is 26.0 Å². The summed E-state index contributed by atoms with van der Waals surface area (Å²) in [4.78, 5) is 3.59. The molecular weight excluding hydrogens is 310 g/mol. The van der Waals surface area contributed by atoms with Crippen LogP contribution >= 0.6 is 11.3 Å². The third-order valence-electron chi connectivity index (χ3n) is 3.47. The molecule has 0 bridgehead atoms. The minimum atomic E-state index is -0.511. The van der Waals surface area contributed by atoms with Gasteiger partial charge in [0.2, 0.25) is 0 Å². The molecule has 0 aliphatic carbocycles. The Hall–Kier alpha value is -1.56. The second-order valence-electron chi connectivity index (χ2n) is 5.45. The largest absolute Gasteiger partial charge is 0.497 e. The Bertz CT molecular complexity index is 542. The van der Waals surface area contributed by atoms with Crippen LogP contribution in [0.3, 0.4) is 0 Å². The minimum absolute atomic E-state index is 0.289. The Morgan fingerprint density at radius 1 is 1.17 bits per heavy atom. The number of aliphatic hydroxyl groups excluding tert-OH is 1. The summed E-state index contributed by atoms with van der Waals surface area (Å²) in [5.41, 5.74) is 0. The third kappa shape index (κ3) is 6.22. The number of hydrogen-bond donors (Lipinski definition) is 1. The first kappa shape index (κ1) is 17.8. The minimum Gasteiger partial charge on any atom is -0.497 e. The van der Waals surface area contributed by atoms with Crippen LogP contribution in [0.2, 0.25) is 0 Å². The number of nitrogens with zero attached hydrogens (tertiary/aromatic N) is 1. The highest BCUT2D eigenvalue weighted by Gasteiger charge is 2.13. The van der Waals surface area contributed by atoms with E-state index >= 15 is 0 Å². The Morgan fingerprint density at radius 2 is 1.91 bits per heavy atom. The molecule has 1 N–H and O–H groups in total. The van der Waals surface area contributed by atoms with Crippen molar-refractivity contribution in [1.82, 2.24) is 4.90 Å².